The van der Waals surface area contributed by atoms with Gasteiger partial charge in [0, 0.05) is 11.1 Å². The molecule has 0 aromatic heterocycles. The molecule has 0 radical (unpaired) electrons. The van der Waals surface area contributed by atoms with Crippen molar-refractivity contribution in [3.8, 4) is 11.5 Å². The predicted octanol–water partition coefficient (Wildman–Crippen LogP) is 3.25. The molecule has 2 atom stereocenters. The monoisotopic (exact) mass is 324 g/mol. The van der Waals surface area contributed by atoms with Gasteiger partial charge in [-0.05, 0) is 12.1 Å². The summed E-state index contributed by atoms with van der Waals surface area (Å²) in [6.45, 7) is 0. The highest BCUT2D eigenvalue weighted by molar-refractivity contribution is 6.62. The van der Waals surface area contributed by atoms with E-state index in [0.29, 0.717) is 0 Å². The summed E-state index contributed by atoms with van der Waals surface area (Å²) in [4.78, 5) is 8.65. The van der Waals surface area contributed by atoms with Gasteiger partial charge in [0.1, 0.15) is 11.5 Å². The average molecular weight is 326 g/mol. The molecule has 2 N–H and O–H groups in total. The molecule has 1 aromatic rings. The van der Waals surface area contributed by atoms with Crippen LogP contribution in [0.5, 0.6) is 11.5 Å². The van der Waals surface area contributed by atoms with Gasteiger partial charge in [-0.2, -0.15) is 0 Å². The molecule has 0 saturated heterocycles. The lowest BCUT2D eigenvalue weighted by Crippen LogP contribution is -2.27. The Kier molecular flexibility index (Phi) is 2.27. The molecule has 2 unspecified atom stereocenters. The van der Waals surface area contributed by atoms with Gasteiger partial charge in [-0.3, -0.25) is 4.79 Å². The number of hydrogen-bond donors (Lipinski definition) is 2. The summed E-state index contributed by atoms with van der Waals surface area (Å²) in [6.07, 6.45) is 0. The molecule has 2 aliphatic rings. The molecule has 2 bridgehead atoms. The number of alkyl halides is 2. The number of phenols is 2. The van der Waals surface area contributed by atoms with E-state index in [1.165, 1.54) is 12.1 Å². The Morgan fingerprint density at radius 3 is 1.56 bits per heavy atom. The molecule has 2 aliphatic carbocycles. The second kappa shape index (κ2) is 3.28. The fourth-order valence-electron chi connectivity index (χ4n) is 2.46. The maximum atomic E-state index is 12.3. The van der Waals surface area contributed by atoms with E-state index in [4.69, 9.17) is 46.4 Å². The first-order chi connectivity index (χ1) is 8.27. The van der Waals surface area contributed by atoms with Gasteiger partial charge in [-0.15, -0.1) is 0 Å². The molecule has 0 saturated carbocycles. The van der Waals surface area contributed by atoms with Crippen LogP contribution >= 0.6 is 46.4 Å². The van der Waals surface area contributed by atoms with E-state index in [-0.39, 0.29) is 32.7 Å². The third kappa shape index (κ3) is 1.00. The number of carbonyl (C=O) groups excluding carboxylic acids is 1. The summed E-state index contributed by atoms with van der Waals surface area (Å²) < 4.78 is 0. The topological polar surface area (TPSA) is 57.5 Å². The average Bonchev–Trinajstić information content (AvgIpc) is 2.59. The van der Waals surface area contributed by atoms with Crippen LogP contribution in [0.3, 0.4) is 0 Å². The minimum absolute atomic E-state index is 0.00133. The molecule has 3 rings (SSSR count). The number of rotatable bonds is 0. The van der Waals surface area contributed by atoms with E-state index in [2.05, 4.69) is 0 Å². The third-order valence-electron chi connectivity index (χ3n) is 3.27. The Bertz CT molecular complexity index is 601. The lowest BCUT2D eigenvalue weighted by atomic mass is 9.94. The van der Waals surface area contributed by atoms with Crippen LogP contribution in [0.4, 0.5) is 0 Å². The Balaban J connectivity index is 2.53. The van der Waals surface area contributed by atoms with Crippen molar-refractivity contribution in [1.82, 2.24) is 0 Å². The summed E-state index contributed by atoms with van der Waals surface area (Å²) in [5.74, 6) is -1.22. The second-order valence-corrected chi connectivity index (χ2v) is 6.02. The Morgan fingerprint density at radius 1 is 0.889 bits per heavy atom. The molecule has 3 nitrogen and oxygen atoms in total. The summed E-state index contributed by atoms with van der Waals surface area (Å²) in [5, 5.41) is 19.4. The zero-order valence-electron chi connectivity index (χ0n) is 8.47. The number of benzene rings is 1. The van der Waals surface area contributed by atoms with Crippen molar-refractivity contribution in [3.05, 3.63) is 33.3 Å². The van der Waals surface area contributed by atoms with Gasteiger partial charge < -0.3 is 10.2 Å². The molecule has 0 fully saturated rings. The highest BCUT2D eigenvalue weighted by atomic mass is 35.5. The van der Waals surface area contributed by atoms with Crippen molar-refractivity contribution in [2.24, 2.45) is 0 Å². The van der Waals surface area contributed by atoms with Crippen molar-refractivity contribution >= 4 is 52.2 Å². The van der Waals surface area contributed by atoms with Crippen molar-refractivity contribution < 1.29 is 15.0 Å². The van der Waals surface area contributed by atoms with Gasteiger partial charge >= 0.3 is 0 Å². The number of aromatic hydroxyl groups is 2. The van der Waals surface area contributed by atoms with E-state index < -0.39 is 15.5 Å². The van der Waals surface area contributed by atoms with Gasteiger partial charge in [0.25, 0.3) is 0 Å². The smallest absolute Gasteiger partial charge is 0.194 e. The molecule has 0 amide bonds. The minimum atomic E-state index is -1.82. The zero-order valence-corrected chi connectivity index (χ0v) is 11.5. The Labute approximate surface area is 122 Å². The molecule has 0 aliphatic heterocycles. The van der Waals surface area contributed by atoms with Crippen LogP contribution in [0.15, 0.2) is 22.2 Å². The number of halogens is 4. The predicted molar refractivity (Wildman–Crippen MR) is 68.6 cm³/mol. The molecule has 7 heteroatoms. The number of allylic oxidation sites excluding steroid dienone is 2. The van der Waals surface area contributed by atoms with Crippen molar-refractivity contribution in [3.63, 3.8) is 0 Å². The molecule has 18 heavy (non-hydrogen) atoms. The van der Waals surface area contributed by atoms with Crippen LogP contribution in [-0.2, 0) is 14.5 Å². The number of phenolic OH excluding ortho intramolecular Hbond substituents is 2. The maximum absolute atomic E-state index is 12.3. The van der Waals surface area contributed by atoms with Gasteiger partial charge in [0.2, 0.25) is 0 Å². The maximum Gasteiger partial charge on any atom is 0.194 e. The highest BCUT2D eigenvalue weighted by Gasteiger charge is 2.70. The lowest BCUT2D eigenvalue weighted by molar-refractivity contribution is -0.120. The summed E-state index contributed by atoms with van der Waals surface area (Å²) in [7, 11) is 0. The summed E-state index contributed by atoms with van der Waals surface area (Å²) in [6, 6.07) is 2.43. The summed E-state index contributed by atoms with van der Waals surface area (Å²) >= 11 is 24.3. The van der Waals surface area contributed by atoms with Crippen LogP contribution in [0.2, 0.25) is 0 Å². The number of hydrogen-bond acceptors (Lipinski definition) is 3. The molecule has 94 valence electrons. The first-order valence-electron chi connectivity index (χ1n) is 4.82. The molecular weight excluding hydrogens is 322 g/mol. The lowest BCUT2D eigenvalue weighted by Gasteiger charge is -2.23. The molecule has 0 heterocycles. The normalized spacial score (nSPS) is 33.2. The zero-order chi connectivity index (χ0) is 13.5. The van der Waals surface area contributed by atoms with E-state index in [0.717, 1.165) is 0 Å². The first kappa shape index (κ1) is 12.4. The van der Waals surface area contributed by atoms with Crippen molar-refractivity contribution in [2.75, 3.05) is 0 Å². The number of carbonyl (C=O) groups is 1. The van der Waals surface area contributed by atoms with E-state index >= 15 is 0 Å². The fraction of sp³-hybridized carbons (Fsp3) is 0.182. The molecular formula is C11H4Cl4O3. The van der Waals surface area contributed by atoms with Gasteiger partial charge in [0.15, 0.2) is 15.5 Å². The minimum Gasteiger partial charge on any atom is -0.508 e. The quantitative estimate of drug-likeness (QED) is 0.568. The number of ketones is 1. The van der Waals surface area contributed by atoms with Gasteiger partial charge in [-0.25, -0.2) is 0 Å². The Morgan fingerprint density at radius 2 is 1.22 bits per heavy atom. The van der Waals surface area contributed by atoms with Crippen molar-refractivity contribution in [2.45, 2.75) is 9.75 Å². The van der Waals surface area contributed by atoms with Crippen molar-refractivity contribution in [1.29, 1.82) is 0 Å². The van der Waals surface area contributed by atoms with Crippen LogP contribution in [-0.4, -0.2) is 16.0 Å². The largest absolute Gasteiger partial charge is 0.508 e. The Hall–Kier alpha value is -0.610. The molecule has 1 aromatic carbocycles. The molecule has 0 spiro atoms. The summed E-state index contributed by atoms with van der Waals surface area (Å²) in [5.41, 5.74) is -0.00265. The number of fused-ring (bicyclic) bond motifs is 5. The van der Waals surface area contributed by atoms with Crippen LogP contribution in [0, 0.1) is 0 Å². The van der Waals surface area contributed by atoms with E-state index in [9.17, 15) is 15.0 Å². The van der Waals surface area contributed by atoms with E-state index in [1.54, 1.807) is 0 Å². The van der Waals surface area contributed by atoms with Gasteiger partial charge in [0.05, 0.1) is 10.1 Å². The standard InChI is InChI=1S/C11H4Cl4O3/c12-7-8(13)11(15)6-4(17)2-1-3(16)5(6)10(7,14)9(11)18/h1-2,16-17H. The fourth-order valence-corrected chi connectivity index (χ4v) is 4.11. The van der Waals surface area contributed by atoms with E-state index in [1.807, 2.05) is 0 Å². The second-order valence-electron chi connectivity index (χ2n) is 4.13. The van der Waals surface area contributed by atoms with Crippen LogP contribution in [0.25, 0.3) is 0 Å². The number of Topliss-reactive ketones (excluding diaryl/α,β-unsaturated/α-hetero) is 1. The third-order valence-corrected chi connectivity index (χ3v) is 5.61. The highest BCUT2D eigenvalue weighted by Crippen LogP contribution is 2.69. The van der Waals surface area contributed by atoms with Gasteiger partial charge in [-0.1, -0.05) is 46.4 Å². The first-order valence-corrected chi connectivity index (χ1v) is 6.33. The van der Waals surface area contributed by atoms with Crippen LogP contribution < -0.4 is 0 Å². The van der Waals surface area contributed by atoms with Crippen LogP contribution in [0.1, 0.15) is 11.1 Å². The SMILES string of the molecule is O=C1C2(Cl)C(Cl)=C(Cl)C1(Cl)c1c(O)ccc(O)c12.